The van der Waals surface area contributed by atoms with Crippen LogP contribution < -0.4 is 15.6 Å². The minimum absolute atomic E-state index is 0.107. The molecule has 0 aliphatic rings. The Morgan fingerprint density at radius 1 is 1.17 bits per heavy atom. The molecular formula is C21H20N4O5. The van der Waals surface area contributed by atoms with Gasteiger partial charge in [0.1, 0.15) is 5.75 Å². The maximum absolute atomic E-state index is 12.3. The van der Waals surface area contributed by atoms with E-state index in [1.165, 1.54) is 36.1 Å². The zero-order chi connectivity index (χ0) is 21.5. The summed E-state index contributed by atoms with van der Waals surface area (Å²) >= 11 is 0. The van der Waals surface area contributed by atoms with Crippen molar-refractivity contribution in [1.29, 1.82) is 0 Å². The molecule has 0 saturated heterocycles. The molecule has 0 aliphatic heterocycles. The Hall–Kier alpha value is -4.01. The van der Waals surface area contributed by atoms with Crippen molar-refractivity contribution in [2.75, 3.05) is 12.4 Å². The van der Waals surface area contributed by atoms with Gasteiger partial charge in [-0.05, 0) is 18.6 Å². The predicted molar refractivity (Wildman–Crippen MR) is 111 cm³/mol. The second kappa shape index (κ2) is 9.46. The maximum Gasteiger partial charge on any atom is 0.271 e. The zero-order valence-corrected chi connectivity index (χ0v) is 16.3. The number of nitro groups is 1. The molecule has 154 valence electrons. The van der Waals surface area contributed by atoms with Crippen molar-refractivity contribution < 1.29 is 14.5 Å². The summed E-state index contributed by atoms with van der Waals surface area (Å²) in [6.07, 6.45) is 0.476. The third-order valence-corrected chi connectivity index (χ3v) is 4.38. The molecule has 0 fully saturated rings. The number of ether oxygens (including phenoxy) is 1. The van der Waals surface area contributed by atoms with Gasteiger partial charge >= 0.3 is 0 Å². The monoisotopic (exact) mass is 408 g/mol. The molecule has 3 rings (SSSR count). The molecular weight excluding hydrogens is 388 g/mol. The van der Waals surface area contributed by atoms with Crippen LogP contribution in [-0.2, 0) is 11.3 Å². The van der Waals surface area contributed by atoms with E-state index >= 15 is 0 Å². The SMILES string of the molecule is COc1ccc([N+](=O)[O-])cc1NC(=O)CCCn1nc(-c2ccccc2)ccc1=O. The van der Waals surface area contributed by atoms with Crippen LogP contribution in [0.25, 0.3) is 11.3 Å². The molecule has 0 aliphatic carbocycles. The van der Waals surface area contributed by atoms with Gasteiger partial charge in [-0.1, -0.05) is 30.3 Å². The molecule has 1 amide bonds. The molecule has 9 heteroatoms. The molecule has 1 aromatic heterocycles. The molecule has 0 spiro atoms. The summed E-state index contributed by atoms with van der Waals surface area (Å²) in [5.41, 5.74) is 1.37. The lowest BCUT2D eigenvalue weighted by molar-refractivity contribution is -0.384. The predicted octanol–water partition coefficient (Wildman–Crippen LogP) is 3.25. The Balaban J connectivity index is 1.63. The molecule has 0 saturated carbocycles. The van der Waals surface area contributed by atoms with E-state index in [0.29, 0.717) is 17.9 Å². The molecule has 0 radical (unpaired) electrons. The fourth-order valence-electron chi connectivity index (χ4n) is 2.88. The van der Waals surface area contributed by atoms with Gasteiger partial charge in [-0.15, -0.1) is 0 Å². The molecule has 1 N–H and O–H groups in total. The number of aromatic nitrogens is 2. The van der Waals surface area contributed by atoms with E-state index in [2.05, 4.69) is 10.4 Å². The normalized spacial score (nSPS) is 10.4. The van der Waals surface area contributed by atoms with E-state index in [1.54, 1.807) is 6.07 Å². The third-order valence-electron chi connectivity index (χ3n) is 4.38. The fraction of sp³-hybridized carbons (Fsp3) is 0.190. The lowest BCUT2D eigenvalue weighted by atomic mass is 10.1. The second-order valence-corrected chi connectivity index (χ2v) is 6.44. The number of carbonyl (C=O) groups is 1. The highest BCUT2D eigenvalue weighted by atomic mass is 16.6. The summed E-state index contributed by atoms with van der Waals surface area (Å²) < 4.78 is 6.46. The number of nitro benzene ring substituents is 1. The van der Waals surface area contributed by atoms with Crippen molar-refractivity contribution in [3.8, 4) is 17.0 Å². The first-order valence-electron chi connectivity index (χ1n) is 9.24. The van der Waals surface area contributed by atoms with E-state index in [9.17, 15) is 19.7 Å². The van der Waals surface area contributed by atoms with E-state index in [-0.39, 0.29) is 35.8 Å². The number of nitrogens with zero attached hydrogens (tertiary/aromatic N) is 3. The van der Waals surface area contributed by atoms with Gasteiger partial charge in [-0.2, -0.15) is 5.10 Å². The van der Waals surface area contributed by atoms with Crippen molar-refractivity contribution in [3.05, 3.63) is 81.1 Å². The summed E-state index contributed by atoms with van der Waals surface area (Å²) in [4.78, 5) is 34.7. The molecule has 1 heterocycles. The van der Waals surface area contributed by atoms with Crippen molar-refractivity contribution in [2.24, 2.45) is 0 Å². The van der Waals surface area contributed by atoms with E-state index in [1.807, 2.05) is 30.3 Å². The Kier molecular flexibility index (Phi) is 6.53. The largest absolute Gasteiger partial charge is 0.495 e. The first-order chi connectivity index (χ1) is 14.5. The molecule has 0 bridgehead atoms. The van der Waals surface area contributed by atoms with E-state index in [0.717, 1.165) is 5.56 Å². The zero-order valence-electron chi connectivity index (χ0n) is 16.3. The summed E-state index contributed by atoms with van der Waals surface area (Å²) in [6, 6.07) is 16.5. The highest BCUT2D eigenvalue weighted by molar-refractivity contribution is 5.92. The Morgan fingerprint density at radius 2 is 1.93 bits per heavy atom. The first-order valence-corrected chi connectivity index (χ1v) is 9.24. The van der Waals surface area contributed by atoms with Gasteiger partial charge in [0.2, 0.25) is 5.91 Å². The molecule has 3 aromatic rings. The third kappa shape index (κ3) is 5.07. The number of carbonyl (C=O) groups excluding carboxylic acids is 1. The van der Waals surface area contributed by atoms with E-state index in [4.69, 9.17) is 4.74 Å². The number of hydrogen-bond donors (Lipinski definition) is 1. The topological polar surface area (TPSA) is 116 Å². The Bertz CT molecular complexity index is 1110. The van der Waals surface area contributed by atoms with Gasteiger partial charge in [-0.25, -0.2) is 4.68 Å². The smallest absolute Gasteiger partial charge is 0.271 e. The fourth-order valence-corrected chi connectivity index (χ4v) is 2.88. The minimum atomic E-state index is -0.549. The number of hydrogen-bond acceptors (Lipinski definition) is 6. The van der Waals surface area contributed by atoms with Crippen LogP contribution in [0.2, 0.25) is 0 Å². The number of aryl methyl sites for hydroxylation is 1. The number of methoxy groups -OCH3 is 1. The summed E-state index contributed by atoms with van der Waals surface area (Å²) in [5, 5.41) is 17.9. The summed E-state index contributed by atoms with van der Waals surface area (Å²) in [6.45, 7) is 0.263. The van der Waals surface area contributed by atoms with Crippen molar-refractivity contribution in [3.63, 3.8) is 0 Å². The van der Waals surface area contributed by atoms with Crippen LogP contribution in [0, 0.1) is 10.1 Å². The average molecular weight is 408 g/mol. The highest BCUT2D eigenvalue weighted by Gasteiger charge is 2.14. The van der Waals surface area contributed by atoms with Crippen molar-refractivity contribution in [1.82, 2.24) is 9.78 Å². The number of nitrogens with one attached hydrogen (secondary N) is 1. The molecule has 0 unspecified atom stereocenters. The summed E-state index contributed by atoms with van der Waals surface area (Å²) in [5.74, 6) is -0.0246. The van der Waals surface area contributed by atoms with Gasteiger partial charge in [0.25, 0.3) is 11.2 Å². The molecule has 9 nitrogen and oxygen atoms in total. The number of rotatable bonds is 8. The minimum Gasteiger partial charge on any atom is -0.495 e. The maximum atomic E-state index is 12.3. The van der Waals surface area contributed by atoms with Gasteiger partial charge in [0, 0.05) is 36.7 Å². The molecule has 2 aromatic carbocycles. The quantitative estimate of drug-likeness (QED) is 0.452. The van der Waals surface area contributed by atoms with Crippen molar-refractivity contribution >= 4 is 17.3 Å². The van der Waals surface area contributed by atoms with Gasteiger partial charge < -0.3 is 10.1 Å². The van der Waals surface area contributed by atoms with Crippen LogP contribution in [0.4, 0.5) is 11.4 Å². The highest BCUT2D eigenvalue weighted by Crippen LogP contribution is 2.29. The van der Waals surface area contributed by atoms with Gasteiger partial charge in [-0.3, -0.25) is 19.7 Å². The Labute approximate surface area is 172 Å². The molecule has 30 heavy (non-hydrogen) atoms. The average Bonchev–Trinajstić information content (AvgIpc) is 2.75. The van der Waals surface area contributed by atoms with Crippen LogP contribution >= 0.6 is 0 Å². The molecule has 0 atom stereocenters. The number of anilines is 1. The van der Waals surface area contributed by atoms with Crippen molar-refractivity contribution in [2.45, 2.75) is 19.4 Å². The summed E-state index contributed by atoms with van der Waals surface area (Å²) in [7, 11) is 1.41. The lowest BCUT2D eigenvalue weighted by Gasteiger charge is -2.10. The first kappa shape index (κ1) is 20.7. The van der Waals surface area contributed by atoms with E-state index < -0.39 is 4.92 Å². The van der Waals surface area contributed by atoms with Crippen LogP contribution in [0.15, 0.2) is 65.5 Å². The van der Waals surface area contributed by atoms with Crippen LogP contribution in [-0.4, -0.2) is 27.7 Å². The second-order valence-electron chi connectivity index (χ2n) is 6.44. The number of benzene rings is 2. The van der Waals surface area contributed by atoms with Gasteiger partial charge in [0.05, 0.1) is 23.4 Å². The number of amides is 1. The lowest BCUT2D eigenvalue weighted by Crippen LogP contribution is -2.23. The van der Waals surface area contributed by atoms with Crippen LogP contribution in [0.1, 0.15) is 12.8 Å². The number of non-ortho nitro benzene ring substituents is 1. The standard InChI is InChI=1S/C21H20N4O5/c1-30-19-11-9-16(25(28)29)14-18(19)22-20(26)8-5-13-24-21(27)12-10-17(23-24)15-6-3-2-4-7-15/h2-4,6-7,9-12,14H,5,8,13H2,1H3,(H,22,26). The van der Waals surface area contributed by atoms with Crippen LogP contribution in [0.3, 0.4) is 0 Å². The van der Waals surface area contributed by atoms with Gasteiger partial charge in [0.15, 0.2) is 0 Å². The van der Waals surface area contributed by atoms with Crippen LogP contribution in [0.5, 0.6) is 5.75 Å². The Morgan fingerprint density at radius 3 is 2.63 bits per heavy atom.